The van der Waals surface area contributed by atoms with Crippen LogP contribution in [0.25, 0.3) is 0 Å². The van der Waals surface area contributed by atoms with Crippen molar-refractivity contribution in [1.29, 1.82) is 0 Å². The Morgan fingerprint density at radius 2 is 1.64 bits per heavy atom. The summed E-state index contributed by atoms with van der Waals surface area (Å²) in [6.07, 6.45) is 0. The maximum atomic E-state index is 9.62. The lowest BCUT2D eigenvalue weighted by molar-refractivity contribution is -0.474. The molecule has 0 atom stereocenters. The van der Waals surface area contributed by atoms with Crippen molar-refractivity contribution in [3.63, 3.8) is 0 Å². The molecule has 1 rings (SSSR count). The fourth-order valence-electron chi connectivity index (χ4n) is 0.973. The van der Waals surface area contributed by atoms with Gasteiger partial charge in [-0.05, 0) is 6.07 Å². The Morgan fingerprint density at radius 1 is 1.07 bits per heavy atom. The first kappa shape index (κ1) is 10.7. The number of quaternary nitrogens is 1. The smallest absolute Gasteiger partial charge is 0.241 e. The number of phenols is 2. The number of rotatable bonds is 3. The minimum Gasteiger partial charge on any atom is -0.504 e. The highest BCUT2D eigenvalue weighted by Crippen LogP contribution is 2.31. The lowest BCUT2D eigenvalue weighted by Gasteiger charge is -2.19. The largest absolute Gasteiger partial charge is 0.504 e. The normalized spacial score (nSPS) is 11.6. The SMILES string of the molecule is CO[N+](O)(OC)c1ccc(O)c(O)c1. The lowest BCUT2D eigenvalue weighted by atomic mass is 10.3. The summed E-state index contributed by atoms with van der Waals surface area (Å²) in [7, 11) is 2.46. The molecule has 78 valence electrons. The van der Waals surface area contributed by atoms with E-state index < -0.39 is 4.97 Å². The summed E-state index contributed by atoms with van der Waals surface area (Å²) in [6.45, 7) is 0. The van der Waals surface area contributed by atoms with Crippen molar-refractivity contribution in [1.82, 2.24) is 4.97 Å². The molecule has 0 aliphatic rings. The van der Waals surface area contributed by atoms with Gasteiger partial charge in [-0.3, -0.25) is 0 Å². The van der Waals surface area contributed by atoms with Gasteiger partial charge in [-0.2, -0.15) is 0 Å². The van der Waals surface area contributed by atoms with Gasteiger partial charge in [-0.15, -0.1) is 14.9 Å². The molecule has 0 aromatic heterocycles. The highest BCUT2D eigenvalue weighted by atomic mass is 17.2. The molecule has 0 bridgehead atoms. The van der Waals surface area contributed by atoms with Crippen LogP contribution in [0, 0.1) is 0 Å². The fraction of sp³-hybridized carbons (Fsp3) is 0.250. The van der Waals surface area contributed by atoms with E-state index >= 15 is 0 Å². The highest BCUT2D eigenvalue weighted by Gasteiger charge is 2.32. The van der Waals surface area contributed by atoms with Crippen LogP contribution in [-0.2, 0) is 9.68 Å². The average Bonchev–Trinajstić information content (AvgIpc) is 2.21. The van der Waals surface area contributed by atoms with Crippen LogP contribution >= 0.6 is 0 Å². The first-order chi connectivity index (χ1) is 6.53. The summed E-state index contributed by atoms with van der Waals surface area (Å²) >= 11 is 0. The van der Waals surface area contributed by atoms with Crippen LogP contribution in [0.2, 0.25) is 0 Å². The number of nitrogens with zero attached hydrogens (tertiary/aromatic N) is 1. The van der Waals surface area contributed by atoms with Gasteiger partial charge in [0.2, 0.25) is 5.69 Å². The number of hydrogen-bond donors (Lipinski definition) is 3. The molecule has 0 aliphatic carbocycles. The van der Waals surface area contributed by atoms with Crippen molar-refractivity contribution in [3.05, 3.63) is 18.2 Å². The van der Waals surface area contributed by atoms with E-state index in [0.29, 0.717) is 0 Å². The fourth-order valence-corrected chi connectivity index (χ4v) is 0.973. The molecule has 0 aliphatic heterocycles. The van der Waals surface area contributed by atoms with Crippen molar-refractivity contribution in [3.8, 4) is 11.5 Å². The van der Waals surface area contributed by atoms with Crippen molar-refractivity contribution in [2.75, 3.05) is 14.2 Å². The van der Waals surface area contributed by atoms with E-state index in [1.54, 1.807) is 0 Å². The molecular formula is C8H12NO5+. The molecule has 1 aromatic carbocycles. The summed E-state index contributed by atoms with van der Waals surface area (Å²) in [5.41, 5.74) is 0.130. The van der Waals surface area contributed by atoms with E-state index in [9.17, 15) is 10.3 Å². The summed E-state index contributed by atoms with van der Waals surface area (Å²) in [5.74, 6) is -0.652. The van der Waals surface area contributed by atoms with Gasteiger partial charge in [-0.1, -0.05) is 0 Å². The second kappa shape index (κ2) is 3.81. The van der Waals surface area contributed by atoms with E-state index in [2.05, 4.69) is 9.68 Å². The summed E-state index contributed by atoms with van der Waals surface area (Å²) in [4.78, 5) is 8.05. The molecule has 6 heteroatoms. The number of phenolic OH excluding ortho intramolecular Hbond substituents is 2. The van der Waals surface area contributed by atoms with E-state index in [1.165, 1.54) is 26.4 Å². The van der Waals surface area contributed by atoms with Crippen LogP contribution in [0.3, 0.4) is 0 Å². The first-order valence-corrected chi connectivity index (χ1v) is 3.79. The molecule has 0 spiro atoms. The molecule has 0 radical (unpaired) electrons. The summed E-state index contributed by atoms with van der Waals surface area (Å²) < 4.78 is 0. The Balaban J connectivity index is 3.12. The van der Waals surface area contributed by atoms with Gasteiger partial charge in [0, 0.05) is 6.07 Å². The average molecular weight is 202 g/mol. The van der Waals surface area contributed by atoms with Gasteiger partial charge in [0.15, 0.2) is 11.5 Å². The molecular weight excluding hydrogens is 190 g/mol. The maximum absolute atomic E-state index is 9.62. The zero-order valence-corrected chi connectivity index (χ0v) is 7.84. The molecule has 0 unspecified atom stereocenters. The van der Waals surface area contributed by atoms with Crippen LogP contribution in [0.5, 0.6) is 11.5 Å². The van der Waals surface area contributed by atoms with Crippen LogP contribution < -0.4 is 4.97 Å². The summed E-state index contributed by atoms with van der Waals surface area (Å²) in [6, 6.07) is 3.69. The van der Waals surface area contributed by atoms with Gasteiger partial charge in [0.05, 0.1) is 6.07 Å². The summed E-state index contributed by atoms with van der Waals surface area (Å²) in [5, 5.41) is 27.8. The van der Waals surface area contributed by atoms with E-state index in [4.69, 9.17) is 5.11 Å². The van der Waals surface area contributed by atoms with Gasteiger partial charge in [-0.25, -0.2) is 0 Å². The topological polar surface area (TPSA) is 79.2 Å². The predicted octanol–water partition coefficient (Wildman–Crippen LogP) is 0.917. The van der Waals surface area contributed by atoms with Crippen molar-refractivity contribution < 1.29 is 25.1 Å². The van der Waals surface area contributed by atoms with Crippen LogP contribution in [-0.4, -0.2) is 29.6 Å². The van der Waals surface area contributed by atoms with Crippen molar-refractivity contribution in [2.45, 2.75) is 0 Å². The predicted molar refractivity (Wildman–Crippen MR) is 47.4 cm³/mol. The highest BCUT2D eigenvalue weighted by molar-refractivity contribution is 5.50. The molecule has 3 N–H and O–H groups in total. The van der Waals surface area contributed by atoms with E-state index in [0.717, 1.165) is 6.07 Å². The molecule has 0 heterocycles. The second-order valence-electron chi connectivity index (χ2n) is 2.56. The third-order valence-electron chi connectivity index (χ3n) is 1.78. The minimum absolute atomic E-state index is 0.130. The maximum Gasteiger partial charge on any atom is 0.241 e. The lowest BCUT2D eigenvalue weighted by Crippen LogP contribution is -2.43. The molecule has 0 saturated carbocycles. The van der Waals surface area contributed by atoms with Gasteiger partial charge < -0.3 is 10.2 Å². The molecule has 0 saturated heterocycles. The standard InChI is InChI=1S/C8H11NO5/c1-13-9(12,14-2)6-3-4-7(10)8(11)5-6/h3-5,12H,1-2H3,(H-,10,11)/p+1. The van der Waals surface area contributed by atoms with Gasteiger partial charge in [0.25, 0.3) is 0 Å². The zero-order chi connectivity index (χ0) is 10.8. The number of benzene rings is 1. The second-order valence-corrected chi connectivity index (χ2v) is 2.56. The first-order valence-electron chi connectivity index (χ1n) is 3.79. The van der Waals surface area contributed by atoms with Crippen LogP contribution in [0.4, 0.5) is 5.69 Å². The van der Waals surface area contributed by atoms with Crippen LogP contribution in [0.15, 0.2) is 18.2 Å². The Morgan fingerprint density at radius 3 is 2.07 bits per heavy atom. The third kappa shape index (κ3) is 1.78. The van der Waals surface area contributed by atoms with E-state index in [1.807, 2.05) is 0 Å². The monoisotopic (exact) mass is 202 g/mol. The van der Waals surface area contributed by atoms with Crippen molar-refractivity contribution >= 4 is 5.69 Å². The molecule has 0 fully saturated rings. The zero-order valence-electron chi connectivity index (χ0n) is 7.84. The Kier molecular flexibility index (Phi) is 2.92. The van der Waals surface area contributed by atoms with Gasteiger partial charge >= 0.3 is 0 Å². The molecule has 0 amide bonds. The Labute approximate surface area is 80.6 Å². The number of aromatic hydroxyl groups is 2. The van der Waals surface area contributed by atoms with Gasteiger partial charge in [0.1, 0.15) is 19.2 Å². The Hall–Kier alpha value is -1.34. The third-order valence-corrected chi connectivity index (χ3v) is 1.78. The molecule has 1 aromatic rings. The van der Waals surface area contributed by atoms with E-state index in [-0.39, 0.29) is 17.2 Å². The molecule has 6 nitrogen and oxygen atoms in total. The number of hydrogen-bond acceptors (Lipinski definition) is 5. The molecule has 14 heavy (non-hydrogen) atoms. The van der Waals surface area contributed by atoms with Crippen LogP contribution in [0.1, 0.15) is 0 Å². The quantitative estimate of drug-likeness (QED) is 0.386. The Bertz CT molecular complexity index is 324. The van der Waals surface area contributed by atoms with Crippen molar-refractivity contribution in [2.24, 2.45) is 0 Å². The minimum atomic E-state index is -1.24.